The summed E-state index contributed by atoms with van der Waals surface area (Å²) in [4.78, 5) is 17.0. The molecule has 0 saturated heterocycles. The second kappa shape index (κ2) is 8.86. The molecule has 0 bridgehead atoms. The maximum Gasteiger partial charge on any atom is 0.263 e. The molecule has 1 aliphatic rings. The molecule has 0 radical (unpaired) electrons. The molecule has 0 spiro atoms. The average Bonchev–Trinajstić information content (AvgIpc) is 3.22. The molecule has 24 heavy (non-hydrogen) atoms. The molecule has 6 nitrogen and oxygen atoms in total. The Morgan fingerprint density at radius 2 is 2.08 bits per heavy atom. The first-order chi connectivity index (χ1) is 11.3. The quantitative estimate of drug-likeness (QED) is 0.734. The number of halogens is 1. The molecular weight excluding hydrogens is 350 g/mol. The number of carbonyl (C=O) groups is 1. The standard InChI is InChI=1S/C16H19N3O3S.ClH/c1-2-5-17-6-7-18-15(20)14-9-19-16(23-14)11-3-4-12-13(8-11)22-10-21-12;/h3-4,8-9,17H,2,5-7,10H2,1H3,(H,18,20);1H. The van der Waals surface area contributed by atoms with Gasteiger partial charge in [0.15, 0.2) is 11.5 Å². The number of nitrogens with one attached hydrogen (secondary N) is 2. The fourth-order valence-electron chi connectivity index (χ4n) is 2.20. The normalized spacial score (nSPS) is 11.9. The number of amides is 1. The van der Waals surface area contributed by atoms with Crippen LogP contribution < -0.4 is 20.1 Å². The first kappa shape index (κ1) is 18.5. The van der Waals surface area contributed by atoms with Gasteiger partial charge in [0.1, 0.15) is 9.88 Å². The Kier molecular flexibility index (Phi) is 6.84. The van der Waals surface area contributed by atoms with E-state index in [0.29, 0.717) is 17.2 Å². The molecule has 0 atom stereocenters. The summed E-state index contributed by atoms with van der Waals surface area (Å²) in [5, 5.41) is 6.92. The fourth-order valence-corrected chi connectivity index (χ4v) is 3.02. The SMILES string of the molecule is CCCNCCNC(=O)c1cnc(-c2ccc3c(c2)OCO3)s1.Cl. The van der Waals surface area contributed by atoms with Crippen LogP contribution in [-0.2, 0) is 0 Å². The number of rotatable bonds is 7. The van der Waals surface area contributed by atoms with Crippen LogP contribution >= 0.6 is 23.7 Å². The molecule has 130 valence electrons. The van der Waals surface area contributed by atoms with Crippen molar-refractivity contribution in [1.29, 1.82) is 0 Å². The summed E-state index contributed by atoms with van der Waals surface area (Å²) in [5.74, 6) is 1.36. The highest BCUT2D eigenvalue weighted by Gasteiger charge is 2.16. The van der Waals surface area contributed by atoms with Gasteiger partial charge in [-0.3, -0.25) is 4.79 Å². The first-order valence-corrected chi connectivity index (χ1v) is 8.44. The summed E-state index contributed by atoms with van der Waals surface area (Å²) in [5.41, 5.74) is 0.919. The van der Waals surface area contributed by atoms with Gasteiger partial charge in [-0.25, -0.2) is 4.98 Å². The summed E-state index contributed by atoms with van der Waals surface area (Å²) in [6.07, 6.45) is 2.70. The minimum atomic E-state index is -0.0900. The van der Waals surface area contributed by atoms with Gasteiger partial charge in [0.25, 0.3) is 5.91 Å². The van der Waals surface area contributed by atoms with Crippen molar-refractivity contribution in [1.82, 2.24) is 15.6 Å². The van der Waals surface area contributed by atoms with Crippen molar-refractivity contribution in [2.45, 2.75) is 13.3 Å². The lowest BCUT2D eigenvalue weighted by atomic mass is 10.2. The highest BCUT2D eigenvalue weighted by atomic mass is 35.5. The predicted molar refractivity (Wildman–Crippen MR) is 96.4 cm³/mol. The molecule has 0 fully saturated rings. The first-order valence-electron chi connectivity index (χ1n) is 7.62. The number of hydrogen-bond acceptors (Lipinski definition) is 6. The molecular formula is C16H20ClN3O3S. The monoisotopic (exact) mass is 369 g/mol. The van der Waals surface area contributed by atoms with Crippen LogP contribution in [-0.4, -0.2) is 37.3 Å². The van der Waals surface area contributed by atoms with E-state index >= 15 is 0 Å². The Hall–Kier alpha value is -1.83. The molecule has 1 aliphatic heterocycles. The van der Waals surface area contributed by atoms with E-state index < -0.39 is 0 Å². The molecule has 8 heteroatoms. The second-order valence-electron chi connectivity index (χ2n) is 5.10. The number of ether oxygens (including phenoxy) is 2. The molecule has 2 aromatic rings. The van der Waals surface area contributed by atoms with E-state index in [1.54, 1.807) is 6.20 Å². The lowest BCUT2D eigenvalue weighted by Crippen LogP contribution is -2.31. The van der Waals surface area contributed by atoms with Crippen molar-refractivity contribution >= 4 is 29.7 Å². The van der Waals surface area contributed by atoms with Crippen molar-refractivity contribution in [2.24, 2.45) is 0 Å². The van der Waals surface area contributed by atoms with Crippen molar-refractivity contribution < 1.29 is 14.3 Å². The number of nitrogens with zero attached hydrogens (tertiary/aromatic N) is 1. The molecule has 2 N–H and O–H groups in total. The Bertz CT molecular complexity index is 693. The van der Waals surface area contributed by atoms with Gasteiger partial charge in [-0.15, -0.1) is 23.7 Å². The lowest BCUT2D eigenvalue weighted by molar-refractivity contribution is 0.0958. The molecule has 0 saturated carbocycles. The highest BCUT2D eigenvalue weighted by molar-refractivity contribution is 7.16. The number of fused-ring (bicyclic) bond motifs is 1. The smallest absolute Gasteiger partial charge is 0.263 e. The summed E-state index contributed by atoms with van der Waals surface area (Å²) in [7, 11) is 0. The van der Waals surface area contributed by atoms with Gasteiger partial charge in [-0.2, -0.15) is 0 Å². The Balaban J connectivity index is 0.00000208. The number of hydrogen-bond donors (Lipinski definition) is 2. The summed E-state index contributed by atoms with van der Waals surface area (Å²) >= 11 is 1.37. The minimum absolute atomic E-state index is 0. The Morgan fingerprint density at radius 1 is 1.25 bits per heavy atom. The second-order valence-corrected chi connectivity index (χ2v) is 6.13. The van der Waals surface area contributed by atoms with E-state index in [1.807, 2.05) is 18.2 Å². The van der Waals surface area contributed by atoms with Gasteiger partial charge < -0.3 is 20.1 Å². The third kappa shape index (κ3) is 4.37. The summed E-state index contributed by atoms with van der Waals surface area (Å²) in [6, 6.07) is 5.67. The fraction of sp³-hybridized carbons (Fsp3) is 0.375. The average molecular weight is 370 g/mol. The highest BCUT2D eigenvalue weighted by Crippen LogP contribution is 2.36. The molecule has 0 unspecified atom stereocenters. The van der Waals surface area contributed by atoms with E-state index in [0.717, 1.165) is 35.8 Å². The Morgan fingerprint density at radius 3 is 2.92 bits per heavy atom. The van der Waals surface area contributed by atoms with Crippen molar-refractivity contribution in [3.05, 3.63) is 29.3 Å². The molecule has 1 aromatic heterocycles. The zero-order chi connectivity index (χ0) is 16.1. The molecule has 0 aliphatic carbocycles. The van der Waals surface area contributed by atoms with Crippen LogP contribution in [0.25, 0.3) is 10.6 Å². The van der Waals surface area contributed by atoms with Crippen molar-refractivity contribution in [2.75, 3.05) is 26.4 Å². The largest absolute Gasteiger partial charge is 0.454 e. The van der Waals surface area contributed by atoms with Crippen LogP contribution in [0.1, 0.15) is 23.0 Å². The number of carbonyl (C=O) groups excluding carboxylic acids is 1. The van der Waals surface area contributed by atoms with Crippen LogP contribution in [0.15, 0.2) is 24.4 Å². The van der Waals surface area contributed by atoms with Gasteiger partial charge in [-0.1, -0.05) is 6.92 Å². The van der Waals surface area contributed by atoms with Crippen LogP contribution in [0.5, 0.6) is 11.5 Å². The zero-order valence-electron chi connectivity index (χ0n) is 13.3. The van der Waals surface area contributed by atoms with E-state index in [9.17, 15) is 4.79 Å². The predicted octanol–water partition coefficient (Wildman–Crippen LogP) is 2.69. The van der Waals surface area contributed by atoms with E-state index in [2.05, 4.69) is 22.5 Å². The van der Waals surface area contributed by atoms with Crippen LogP contribution in [0.4, 0.5) is 0 Å². The molecule has 2 heterocycles. The number of aromatic nitrogens is 1. The van der Waals surface area contributed by atoms with Crippen LogP contribution in [0, 0.1) is 0 Å². The Labute approximate surface area is 151 Å². The van der Waals surface area contributed by atoms with E-state index in [-0.39, 0.29) is 25.1 Å². The van der Waals surface area contributed by atoms with Gasteiger partial charge in [-0.05, 0) is 31.2 Å². The maximum atomic E-state index is 12.1. The topological polar surface area (TPSA) is 72.5 Å². The van der Waals surface area contributed by atoms with Gasteiger partial charge in [0.2, 0.25) is 6.79 Å². The van der Waals surface area contributed by atoms with E-state index in [1.165, 1.54) is 11.3 Å². The van der Waals surface area contributed by atoms with Gasteiger partial charge >= 0.3 is 0 Å². The molecule has 1 aromatic carbocycles. The van der Waals surface area contributed by atoms with E-state index in [4.69, 9.17) is 9.47 Å². The van der Waals surface area contributed by atoms with Gasteiger partial charge in [0.05, 0.1) is 6.20 Å². The summed E-state index contributed by atoms with van der Waals surface area (Å²) in [6.45, 7) is 4.70. The summed E-state index contributed by atoms with van der Waals surface area (Å²) < 4.78 is 10.7. The third-order valence-corrected chi connectivity index (χ3v) is 4.41. The molecule has 1 amide bonds. The lowest BCUT2D eigenvalue weighted by Gasteiger charge is -2.04. The third-order valence-electron chi connectivity index (χ3n) is 3.36. The number of benzene rings is 1. The minimum Gasteiger partial charge on any atom is -0.454 e. The van der Waals surface area contributed by atoms with Crippen molar-refractivity contribution in [3.8, 4) is 22.1 Å². The maximum absolute atomic E-state index is 12.1. The van der Waals surface area contributed by atoms with Crippen LogP contribution in [0.3, 0.4) is 0 Å². The number of thiazole rings is 1. The molecule has 3 rings (SSSR count). The van der Waals surface area contributed by atoms with Gasteiger partial charge in [0, 0.05) is 18.7 Å². The zero-order valence-corrected chi connectivity index (χ0v) is 15.0. The van der Waals surface area contributed by atoms with Crippen molar-refractivity contribution in [3.63, 3.8) is 0 Å². The van der Waals surface area contributed by atoms with Crippen LogP contribution in [0.2, 0.25) is 0 Å².